The Labute approximate surface area is 155 Å². The van der Waals surface area contributed by atoms with Crippen LogP contribution < -0.4 is 5.73 Å². The molecule has 2 N–H and O–H groups in total. The fourth-order valence-electron chi connectivity index (χ4n) is 4.65. The van der Waals surface area contributed by atoms with Gasteiger partial charge in [-0.25, -0.2) is 0 Å². The zero-order valence-corrected chi connectivity index (χ0v) is 15.3. The number of fused-ring (bicyclic) bond motifs is 1. The predicted octanol–water partition coefficient (Wildman–Crippen LogP) is 5.14. The van der Waals surface area contributed by atoms with Crippen molar-refractivity contribution in [3.63, 3.8) is 0 Å². The molecule has 0 fully saturated rings. The van der Waals surface area contributed by atoms with Crippen LogP contribution in [0.3, 0.4) is 0 Å². The van der Waals surface area contributed by atoms with Crippen LogP contribution in [0, 0.1) is 5.92 Å². The fourth-order valence-corrected chi connectivity index (χ4v) is 4.65. The number of hydrogen-bond acceptors (Lipinski definition) is 2. The average molecular weight is 340 g/mol. The number of rotatable bonds is 3. The molecule has 0 radical (unpaired) electrons. The van der Waals surface area contributed by atoms with E-state index in [1.807, 2.05) is 13.1 Å². The Bertz CT molecular complexity index is 891. The summed E-state index contributed by atoms with van der Waals surface area (Å²) in [6.07, 6.45) is 7.11. The maximum absolute atomic E-state index is 6.26. The number of nitrogens with zero attached hydrogens (tertiary/aromatic N) is 1. The SMILES string of the molecule is CC=NC1=C(C)C(c2ccccc2)(c2ccccc2)C2=CC(N)=CCC21. The van der Waals surface area contributed by atoms with Gasteiger partial charge in [-0.15, -0.1) is 0 Å². The summed E-state index contributed by atoms with van der Waals surface area (Å²) in [7, 11) is 0. The summed E-state index contributed by atoms with van der Waals surface area (Å²) in [6, 6.07) is 21.5. The van der Waals surface area contributed by atoms with E-state index in [0.717, 1.165) is 12.1 Å². The van der Waals surface area contributed by atoms with E-state index >= 15 is 0 Å². The molecule has 0 spiro atoms. The summed E-state index contributed by atoms with van der Waals surface area (Å²) >= 11 is 0. The zero-order chi connectivity index (χ0) is 18.1. The van der Waals surface area contributed by atoms with Crippen molar-refractivity contribution in [3.05, 3.63) is 106 Å². The Balaban J connectivity index is 2.11. The molecule has 2 aromatic carbocycles. The Hall–Kier alpha value is -2.87. The molecule has 4 rings (SSSR count). The van der Waals surface area contributed by atoms with Crippen LogP contribution in [0.1, 0.15) is 31.4 Å². The molecule has 0 heterocycles. The van der Waals surface area contributed by atoms with Crippen molar-refractivity contribution in [2.24, 2.45) is 16.6 Å². The Kier molecular flexibility index (Phi) is 4.12. The van der Waals surface area contributed by atoms with Crippen LogP contribution in [0.2, 0.25) is 0 Å². The summed E-state index contributed by atoms with van der Waals surface area (Å²) < 4.78 is 0. The largest absolute Gasteiger partial charge is 0.399 e. The van der Waals surface area contributed by atoms with Gasteiger partial charge in [0.25, 0.3) is 0 Å². The van der Waals surface area contributed by atoms with Gasteiger partial charge >= 0.3 is 0 Å². The highest BCUT2D eigenvalue weighted by molar-refractivity contribution is 5.68. The van der Waals surface area contributed by atoms with Gasteiger partial charge in [-0.3, -0.25) is 4.99 Å². The van der Waals surface area contributed by atoms with Gasteiger partial charge in [0.1, 0.15) is 0 Å². The highest BCUT2D eigenvalue weighted by Gasteiger charge is 2.50. The maximum Gasteiger partial charge on any atom is 0.0649 e. The standard InChI is InChI=1S/C24H24N2/c1-3-26-23-17(2)24(18-10-6-4-7-11-18,19-12-8-5-9-13-19)22-16-20(25)14-15-21(22)23/h3-14,16,21H,15,25H2,1-2H3. The highest BCUT2D eigenvalue weighted by Crippen LogP contribution is 2.58. The van der Waals surface area contributed by atoms with E-state index < -0.39 is 0 Å². The van der Waals surface area contributed by atoms with Gasteiger partial charge in [0.05, 0.1) is 5.41 Å². The van der Waals surface area contributed by atoms with Crippen molar-refractivity contribution < 1.29 is 0 Å². The second-order valence-electron chi connectivity index (χ2n) is 6.97. The lowest BCUT2D eigenvalue weighted by Crippen LogP contribution is -2.31. The van der Waals surface area contributed by atoms with E-state index in [2.05, 4.69) is 79.7 Å². The lowest BCUT2D eigenvalue weighted by atomic mass is 9.65. The van der Waals surface area contributed by atoms with E-state index in [-0.39, 0.29) is 11.3 Å². The normalized spacial score (nSPS) is 21.5. The third-order valence-electron chi connectivity index (χ3n) is 5.68. The molecule has 0 saturated carbocycles. The molecule has 1 unspecified atom stereocenters. The van der Waals surface area contributed by atoms with Crippen molar-refractivity contribution in [1.29, 1.82) is 0 Å². The van der Waals surface area contributed by atoms with Gasteiger partial charge in [-0.2, -0.15) is 0 Å². The number of benzene rings is 2. The highest BCUT2D eigenvalue weighted by atomic mass is 14.8. The van der Waals surface area contributed by atoms with E-state index in [4.69, 9.17) is 10.7 Å². The van der Waals surface area contributed by atoms with Gasteiger partial charge in [-0.05, 0) is 48.6 Å². The molecule has 0 aliphatic heterocycles. The van der Waals surface area contributed by atoms with Gasteiger partial charge in [0.2, 0.25) is 0 Å². The fraction of sp³-hybridized carbons (Fsp3) is 0.208. The van der Waals surface area contributed by atoms with E-state index in [0.29, 0.717) is 0 Å². The Morgan fingerprint density at radius 2 is 1.58 bits per heavy atom. The molecule has 0 amide bonds. The van der Waals surface area contributed by atoms with Crippen molar-refractivity contribution in [3.8, 4) is 0 Å². The molecule has 0 saturated heterocycles. The summed E-state index contributed by atoms with van der Waals surface area (Å²) in [4.78, 5) is 4.80. The van der Waals surface area contributed by atoms with Crippen LogP contribution in [0.5, 0.6) is 0 Å². The molecule has 2 aliphatic carbocycles. The van der Waals surface area contributed by atoms with Gasteiger partial charge in [-0.1, -0.05) is 66.7 Å². The third-order valence-corrected chi connectivity index (χ3v) is 5.68. The predicted molar refractivity (Wildman–Crippen MR) is 109 cm³/mol. The first kappa shape index (κ1) is 16.6. The van der Waals surface area contributed by atoms with E-state index in [1.54, 1.807) is 0 Å². The quantitative estimate of drug-likeness (QED) is 0.772. The number of aliphatic imine (C=N–C) groups is 1. The summed E-state index contributed by atoms with van der Waals surface area (Å²) in [5.41, 5.74) is 13.2. The molecule has 2 aliphatic rings. The maximum atomic E-state index is 6.26. The topological polar surface area (TPSA) is 38.4 Å². The molecule has 2 aromatic rings. The van der Waals surface area contributed by atoms with Crippen molar-refractivity contribution in [2.45, 2.75) is 25.7 Å². The molecular formula is C24H24N2. The second kappa shape index (κ2) is 6.45. The summed E-state index contributed by atoms with van der Waals surface area (Å²) in [6.45, 7) is 4.22. The average Bonchev–Trinajstić information content (AvgIpc) is 2.92. The van der Waals surface area contributed by atoms with Crippen LogP contribution in [-0.2, 0) is 5.41 Å². The zero-order valence-electron chi connectivity index (χ0n) is 15.3. The molecular weight excluding hydrogens is 316 g/mol. The monoisotopic (exact) mass is 340 g/mol. The molecule has 26 heavy (non-hydrogen) atoms. The lowest BCUT2D eigenvalue weighted by molar-refractivity contribution is 0.638. The van der Waals surface area contributed by atoms with Crippen molar-refractivity contribution in [2.75, 3.05) is 0 Å². The van der Waals surface area contributed by atoms with Crippen molar-refractivity contribution in [1.82, 2.24) is 0 Å². The lowest BCUT2D eigenvalue weighted by Gasteiger charge is -2.37. The van der Waals surface area contributed by atoms with Gasteiger partial charge < -0.3 is 5.73 Å². The number of nitrogens with two attached hydrogens (primary N) is 1. The molecule has 0 bridgehead atoms. The summed E-state index contributed by atoms with van der Waals surface area (Å²) in [5, 5.41) is 0. The second-order valence-corrected chi connectivity index (χ2v) is 6.97. The van der Waals surface area contributed by atoms with Gasteiger partial charge in [0, 0.05) is 23.5 Å². The van der Waals surface area contributed by atoms with E-state index in [1.165, 1.54) is 28.0 Å². The Morgan fingerprint density at radius 3 is 2.12 bits per heavy atom. The van der Waals surface area contributed by atoms with Crippen LogP contribution in [0.15, 0.2) is 100 Å². The van der Waals surface area contributed by atoms with Crippen molar-refractivity contribution >= 4 is 6.21 Å². The first-order valence-corrected chi connectivity index (χ1v) is 9.18. The third kappa shape index (κ3) is 2.29. The van der Waals surface area contributed by atoms with Gasteiger partial charge in [0.15, 0.2) is 0 Å². The summed E-state index contributed by atoms with van der Waals surface area (Å²) in [5.74, 6) is 0.277. The molecule has 1 atom stereocenters. The minimum absolute atomic E-state index is 0.277. The molecule has 0 aromatic heterocycles. The van der Waals surface area contributed by atoms with Crippen LogP contribution in [-0.4, -0.2) is 6.21 Å². The van der Waals surface area contributed by atoms with E-state index in [9.17, 15) is 0 Å². The minimum atomic E-state index is -0.312. The molecule has 130 valence electrons. The number of hydrogen-bond donors (Lipinski definition) is 1. The molecule has 2 nitrogen and oxygen atoms in total. The smallest absolute Gasteiger partial charge is 0.0649 e. The number of allylic oxidation sites excluding steroid dienone is 4. The first-order valence-electron chi connectivity index (χ1n) is 9.18. The Morgan fingerprint density at radius 1 is 1.00 bits per heavy atom. The minimum Gasteiger partial charge on any atom is -0.399 e. The van der Waals surface area contributed by atoms with Crippen LogP contribution in [0.4, 0.5) is 0 Å². The van der Waals surface area contributed by atoms with Crippen LogP contribution >= 0.6 is 0 Å². The van der Waals surface area contributed by atoms with Crippen LogP contribution in [0.25, 0.3) is 0 Å². The molecule has 2 heteroatoms. The first-order chi connectivity index (χ1) is 12.7.